The summed E-state index contributed by atoms with van der Waals surface area (Å²) in [7, 11) is 3.17. The molecule has 0 bridgehead atoms. The van der Waals surface area contributed by atoms with Crippen LogP contribution in [0, 0.1) is 6.92 Å². The van der Waals surface area contributed by atoms with Crippen molar-refractivity contribution in [3.05, 3.63) is 53.1 Å². The zero-order chi connectivity index (χ0) is 19.6. The molecule has 3 rings (SSSR count). The first-order valence-corrected chi connectivity index (χ1v) is 8.86. The fourth-order valence-electron chi connectivity index (χ4n) is 3.50. The number of carbonyl (C=O) groups is 2. The second-order valence-electron chi connectivity index (χ2n) is 6.69. The number of rotatable bonds is 5. The molecule has 2 aromatic rings. The molecule has 2 amide bonds. The van der Waals surface area contributed by atoms with Crippen LogP contribution in [-0.4, -0.2) is 26.0 Å². The molecule has 1 heterocycles. The zero-order valence-corrected chi connectivity index (χ0v) is 16.0. The summed E-state index contributed by atoms with van der Waals surface area (Å²) in [5.41, 5.74) is 3.46. The van der Waals surface area contributed by atoms with Gasteiger partial charge in [0.2, 0.25) is 11.8 Å². The summed E-state index contributed by atoms with van der Waals surface area (Å²) in [5.74, 6) is 0.442. The molecule has 2 atom stereocenters. The number of nitrogens with one attached hydrogen (secondary N) is 2. The van der Waals surface area contributed by atoms with Gasteiger partial charge in [-0.2, -0.15) is 0 Å². The molecule has 27 heavy (non-hydrogen) atoms. The number of carbonyl (C=O) groups excluding carboxylic acids is 2. The van der Waals surface area contributed by atoms with Crippen molar-refractivity contribution in [3.8, 4) is 11.5 Å². The summed E-state index contributed by atoms with van der Waals surface area (Å²) in [4.78, 5) is 24.9. The van der Waals surface area contributed by atoms with Gasteiger partial charge in [0.25, 0.3) is 0 Å². The maximum Gasteiger partial charge on any atom is 0.228 e. The van der Waals surface area contributed by atoms with Crippen LogP contribution < -0.4 is 20.1 Å². The van der Waals surface area contributed by atoms with Crippen LogP contribution in [0.5, 0.6) is 11.5 Å². The van der Waals surface area contributed by atoms with Gasteiger partial charge in [-0.1, -0.05) is 18.2 Å². The van der Waals surface area contributed by atoms with Crippen LogP contribution in [0.25, 0.3) is 0 Å². The molecule has 0 radical (unpaired) electrons. The number of hydrogen-bond donors (Lipinski definition) is 2. The van der Waals surface area contributed by atoms with Gasteiger partial charge in [0.15, 0.2) is 11.5 Å². The Morgan fingerprint density at radius 3 is 2.56 bits per heavy atom. The highest BCUT2D eigenvalue weighted by molar-refractivity contribution is 6.01. The molecule has 0 spiro atoms. The van der Waals surface area contributed by atoms with E-state index in [-0.39, 0.29) is 24.3 Å². The molecule has 1 aliphatic heterocycles. The lowest BCUT2D eigenvalue weighted by Gasteiger charge is -2.27. The molecular weight excluding hydrogens is 344 g/mol. The summed E-state index contributed by atoms with van der Waals surface area (Å²) < 4.78 is 10.7. The molecule has 0 unspecified atom stereocenters. The van der Waals surface area contributed by atoms with E-state index in [9.17, 15) is 9.59 Å². The van der Waals surface area contributed by atoms with Crippen molar-refractivity contribution in [2.45, 2.75) is 32.2 Å². The minimum Gasteiger partial charge on any atom is -0.493 e. The number of amides is 2. The van der Waals surface area contributed by atoms with Gasteiger partial charge in [0.1, 0.15) is 0 Å². The summed E-state index contributed by atoms with van der Waals surface area (Å²) in [6.07, 6.45) is 0.139. The lowest BCUT2D eigenvalue weighted by atomic mass is 9.89. The highest BCUT2D eigenvalue weighted by Crippen LogP contribution is 2.35. The molecular formula is C21H24N2O4. The van der Waals surface area contributed by atoms with Crippen LogP contribution in [0.4, 0.5) is 5.69 Å². The third-order valence-electron chi connectivity index (χ3n) is 4.91. The van der Waals surface area contributed by atoms with Crippen LogP contribution >= 0.6 is 0 Å². The van der Waals surface area contributed by atoms with E-state index in [0.29, 0.717) is 17.2 Å². The summed E-state index contributed by atoms with van der Waals surface area (Å²) in [6, 6.07) is 10.9. The van der Waals surface area contributed by atoms with E-state index in [1.54, 1.807) is 14.2 Å². The van der Waals surface area contributed by atoms with Crippen molar-refractivity contribution < 1.29 is 19.1 Å². The number of para-hydroxylation sites is 1. The van der Waals surface area contributed by atoms with E-state index in [1.165, 1.54) is 0 Å². The van der Waals surface area contributed by atoms with Crippen molar-refractivity contribution in [3.63, 3.8) is 0 Å². The minimum atomic E-state index is -0.502. The largest absolute Gasteiger partial charge is 0.493 e. The molecule has 0 aliphatic carbocycles. The molecule has 2 aromatic carbocycles. The van der Waals surface area contributed by atoms with Crippen molar-refractivity contribution in [2.75, 3.05) is 19.5 Å². The van der Waals surface area contributed by atoms with Gasteiger partial charge in [0.05, 0.1) is 26.2 Å². The van der Waals surface area contributed by atoms with Gasteiger partial charge in [-0.05, 0) is 48.7 Å². The van der Waals surface area contributed by atoms with E-state index in [0.717, 1.165) is 16.7 Å². The third kappa shape index (κ3) is 3.74. The Kier molecular flexibility index (Phi) is 5.35. The van der Waals surface area contributed by atoms with Gasteiger partial charge in [-0.15, -0.1) is 0 Å². The number of fused-ring (bicyclic) bond motifs is 1. The molecule has 0 fully saturated rings. The number of methoxy groups -OCH3 is 2. The van der Waals surface area contributed by atoms with Gasteiger partial charge >= 0.3 is 0 Å². The Morgan fingerprint density at radius 1 is 1.19 bits per heavy atom. The van der Waals surface area contributed by atoms with E-state index in [4.69, 9.17) is 9.47 Å². The minimum absolute atomic E-state index is 0.139. The average Bonchev–Trinajstić information content (AvgIpc) is 2.66. The highest BCUT2D eigenvalue weighted by Gasteiger charge is 2.31. The maximum atomic E-state index is 12.9. The summed E-state index contributed by atoms with van der Waals surface area (Å²) >= 11 is 0. The predicted molar refractivity (Wildman–Crippen MR) is 103 cm³/mol. The molecule has 0 saturated carbocycles. The number of hydrogen-bond acceptors (Lipinski definition) is 4. The van der Waals surface area contributed by atoms with E-state index in [2.05, 4.69) is 10.6 Å². The molecule has 142 valence electrons. The monoisotopic (exact) mass is 368 g/mol. The summed E-state index contributed by atoms with van der Waals surface area (Å²) in [5, 5.41) is 5.86. The Morgan fingerprint density at radius 2 is 1.85 bits per heavy atom. The molecule has 1 aliphatic rings. The Labute approximate surface area is 158 Å². The van der Waals surface area contributed by atoms with Crippen molar-refractivity contribution >= 4 is 17.5 Å². The zero-order valence-electron chi connectivity index (χ0n) is 16.0. The Bertz CT molecular complexity index is 878. The summed E-state index contributed by atoms with van der Waals surface area (Å²) in [6.45, 7) is 3.88. The lowest BCUT2D eigenvalue weighted by Crippen LogP contribution is -2.36. The van der Waals surface area contributed by atoms with Crippen molar-refractivity contribution in [1.29, 1.82) is 0 Å². The van der Waals surface area contributed by atoms with E-state index < -0.39 is 5.92 Å². The van der Waals surface area contributed by atoms with Gasteiger partial charge in [-0.3, -0.25) is 9.59 Å². The first-order chi connectivity index (χ1) is 12.9. The average molecular weight is 368 g/mol. The number of aryl methyl sites for hydroxylation is 1. The van der Waals surface area contributed by atoms with Gasteiger partial charge in [0, 0.05) is 12.1 Å². The quantitative estimate of drug-likeness (QED) is 0.849. The topological polar surface area (TPSA) is 76.7 Å². The smallest absolute Gasteiger partial charge is 0.228 e. The number of benzene rings is 2. The fourth-order valence-corrected chi connectivity index (χ4v) is 3.50. The molecule has 6 heteroatoms. The maximum absolute atomic E-state index is 12.9. The third-order valence-corrected chi connectivity index (χ3v) is 4.91. The van der Waals surface area contributed by atoms with Crippen molar-refractivity contribution in [1.82, 2.24) is 5.32 Å². The standard InChI is InChI=1S/C21H24N2O4/c1-12-9-18(26-3)19(27-4)10-15(12)13(2)22-21(25)16-11-20(24)23-17-8-6-5-7-14(16)17/h5-10,13,16H,11H2,1-4H3,(H,22,25)(H,23,24)/t13-,16-/m0/s1. The normalized spacial score (nSPS) is 16.7. The van der Waals surface area contributed by atoms with Crippen LogP contribution in [0.15, 0.2) is 36.4 Å². The van der Waals surface area contributed by atoms with Crippen LogP contribution in [-0.2, 0) is 9.59 Å². The van der Waals surface area contributed by atoms with Crippen LogP contribution in [0.1, 0.15) is 42.0 Å². The van der Waals surface area contributed by atoms with Crippen molar-refractivity contribution in [2.24, 2.45) is 0 Å². The van der Waals surface area contributed by atoms with Crippen LogP contribution in [0.3, 0.4) is 0 Å². The molecule has 6 nitrogen and oxygen atoms in total. The fraction of sp³-hybridized carbons (Fsp3) is 0.333. The van der Waals surface area contributed by atoms with E-state index >= 15 is 0 Å². The highest BCUT2D eigenvalue weighted by atomic mass is 16.5. The molecule has 0 saturated heterocycles. The van der Waals surface area contributed by atoms with Gasteiger partial charge < -0.3 is 20.1 Å². The van der Waals surface area contributed by atoms with Gasteiger partial charge in [-0.25, -0.2) is 0 Å². The first-order valence-electron chi connectivity index (χ1n) is 8.86. The second kappa shape index (κ2) is 7.70. The second-order valence-corrected chi connectivity index (χ2v) is 6.69. The lowest BCUT2D eigenvalue weighted by molar-refractivity contribution is -0.126. The first kappa shape index (κ1) is 18.8. The molecule has 2 N–H and O–H groups in total. The SMILES string of the molecule is COc1cc(C)c([C@H](C)NC(=O)[C@H]2CC(=O)Nc3ccccc32)cc1OC. The van der Waals surface area contributed by atoms with E-state index in [1.807, 2.05) is 50.2 Å². The Balaban J connectivity index is 1.84. The predicted octanol–water partition coefficient (Wildman–Crippen LogP) is 3.32. The van der Waals surface area contributed by atoms with Crippen LogP contribution in [0.2, 0.25) is 0 Å². The Hall–Kier alpha value is -3.02. The molecule has 0 aromatic heterocycles. The number of ether oxygens (including phenoxy) is 2. The number of anilines is 1.